The van der Waals surface area contributed by atoms with Crippen molar-refractivity contribution in [2.45, 2.75) is 6.42 Å². The highest BCUT2D eigenvalue weighted by Gasteiger charge is 2.14. The molecule has 0 bridgehead atoms. The fraction of sp³-hybridized carbons (Fsp3) is 0.364. The highest BCUT2D eigenvalue weighted by molar-refractivity contribution is 5.52. The van der Waals surface area contributed by atoms with E-state index in [0.717, 1.165) is 12.1 Å². The van der Waals surface area contributed by atoms with Gasteiger partial charge in [0.2, 0.25) is 0 Å². The number of rotatable bonds is 4. The quantitative estimate of drug-likeness (QED) is 0.847. The molecule has 2 N–H and O–H groups in total. The van der Waals surface area contributed by atoms with Crippen LogP contribution in [0.25, 0.3) is 0 Å². The molecular weight excluding hydrogens is 212 g/mol. The van der Waals surface area contributed by atoms with Gasteiger partial charge in [-0.25, -0.2) is 8.78 Å². The van der Waals surface area contributed by atoms with E-state index in [-0.39, 0.29) is 11.3 Å². The lowest BCUT2D eigenvalue weighted by Gasteiger charge is -2.20. The van der Waals surface area contributed by atoms with Gasteiger partial charge >= 0.3 is 0 Å². The molecule has 5 heteroatoms. The fourth-order valence-corrected chi connectivity index (χ4v) is 1.43. The van der Waals surface area contributed by atoms with Gasteiger partial charge in [-0.2, -0.15) is 5.26 Å². The summed E-state index contributed by atoms with van der Waals surface area (Å²) in [5.41, 5.74) is 5.18. The number of nitrogens with zero attached hydrogens (tertiary/aromatic N) is 2. The van der Waals surface area contributed by atoms with Crippen molar-refractivity contribution < 1.29 is 8.78 Å². The highest BCUT2D eigenvalue weighted by atomic mass is 19.1. The molecule has 0 amide bonds. The van der Waals surface area contributed by atoms with Crippen molar-refractivity contribution in [1.29, 1.82) is 5.26 Å². The van der Waals surface area contributed by atoms with E-state index in [1.54, 1.807) is 13.1 Å². The van der Waals surface area contributed by atoms with Crippen molar-refractivity contribution in [3.63, 3.8) is 0 Å². The zero-order valence-electron chi connectivity index (χ0n) is 9.00. The Hall–Kier alpha value is -1.67. The van der Waals surface area contributed by atoms with E-state index in [9.17, 15) is 8.78 Å². The molecule has 0 aliphatic rings. The molecule has 1 aromatic carbocycles. The van der Waals surface area contributed by atoms with Gasteiger partial charge in [0.25, 0.3) is 0 Å². The lowest BCUT2D eigenvalue weighted by atomic mass is 10.2. The van der Waals surface area contributed by atoms with Gasteiger partial charge < -0.3 is 10.6 Å². The lowest BCUT2D eigenvalue weighted by molar-refractivity contribution is 0.574. The van der Waals surface area contributed by atoms with E-state index in [4.69, 9.17) is 11.0 Å². The van der Waals surface area contributed by atoms with Gasteiger partial charge in [-0.1, -0.05) is 0 Å². The van der Waals surface area contributed by atoms with Gasteiger partial charge in [0, 0.05) is 13.6 Å². The molecule has 1 rings (SSSR count). The molecular formula is C11H13F2N3. The largest absolute Gasteiger partial charge is 0.370 e. The van der Waals surface area contributed by atoms with Crippen molar-refractivity contribution >= 4 is 5.69 Å². The average Bonchev–Trinajstić information content (AvgIpc) is 2.25. The zero-order chi connectivity index (χ0) is 12.1. The third-order valence-electron chi connectivity index (χ3n) is 2.23. The molecule has 0 saturated carbocycles. The first-order chi connectivity index (χ1) is 7.60. The second-order valence-corrected chi connectivity index (χ2v) is 3.46. The molecule has 0 atom stereocenters. The predicted molar refractivity (Wildman–Crippen MR) is 58.0 cm³/mol. The van der Waals surface area contributed by atoms with Crippen molar-refractivity contribution in [3.8, 4) is 6.07 Å². The third kappa shape index (κ3) is 2.67. The smallest absolute Gasteiger partial charge is 0.150 e. The molecule has 3 nitrogen and oxygen atoms in total. The summed E-state index contributed by atoms with van der Waals surface area (Å²) in [4.78, 5) is 1.46. The number of hydrogen-bond acceptors (Lipinski definition) is 3. The summed E-state index contributed by atoms with van der Waals surface area (Å²) in [7, 11) is 1.59. The fourth-order valence-electron chi connectivity index (χ4n) is 1.43. The zero-order valence-corrected chi connectivity index (χ0v) is 9.00. The molecule has 0 fully saturated rings. The van der Waals surface area contributed by atoms with Crippen molar-refractivity contribution in [2.24, 2.45) is 5.73 Å². The molecule has 0 aliphatic carbocycles. The maximum Gasteiger partial charge on any atom is 0.150 e. The first-order valence-corrected chi connectivity index (χ1v) is 4.90. The molecule has 86 valence electrons. The van der Waals surface area contributed by atoms with Crippen LogP contribution in [-0.4, -0.2) is 20.1 Å². The van der Waals surface area contributed by atoms with Gasteiger partial charge in [0.15, 0.2) is 11.6 Å². The van der Waals surface area contributed by atoms with E-state index in [2.05, 4.69) is 0 Å². The third-order valence-corrected chi connectivity index (χ3v) is 2.23. The van der Waals surface area contributed by atoms with Crippen molar-refractivity contribution in [3.05, 3.63) is 29.3 Å². The second kappa shape index (κ2) is 5.42. The van der Waals surface area contributed by atoms with Gasteiger partial charge in [0.05, 0.1) is 11.6 Å². The van der Waals surface area contributed by atoms with Crippen LogP contribution >= 0.6 is 0 Å². The van der Waals surface area contributed by atoms with Crippen LogP contribution in [0.15, 0.2) is 12.1 Å². The predicted octanol–water partition coefficient (Wildman–Crippen LogP) is 1.62. The molecule has 0 radical (unpaired) electrons. The Balaban J connectivity index is 3.01. The highest BCUT2D eigenvalue weighted by Crippen LogP contribution is 2.23. The number of hydrogen-bond donors (Lipinski definition) is 1. The molecule has 0 saturated heterocycles. The minimum Gasteiger partial charge on any atom is -0.370 e. The summed E-state index contributed by atoms with van der Waals surface area (Å²) >= 11 is 0. The first-order valence-electron chi connectivity index (χ1n) is 4.90. The summed E-state index contributed by atoms with van der Waals surface area (Å²) < 4.78 is 27.0. The van der Waals surface area contributed by atoms with Crippen LogP contribution in [-0.2, 0) is 0 Å². The van der Waals surface area contributed by atoms with Crippen molar-refractivity contribution in [1.82, 2.24) is 0 Å². The van der Waals surface area contributed by atoms with Crippen molar-refractivity contribution in [2.75, 3.05) is 25.0 Å². The van der Waals surface area contributed by atoms with E-state index in [1.165, 1.54) is 4.90 Å². The summed E-state index contributed by atoms with van der Waals surface area (Å²) in [6, 6.07) is 3.75. The first kappa shape index (κ1) is 12.4. The van der Waals surface area contributed by atoms with E-state index in [0.29, 0.717) is 19.5 Å². The Kier molecular flexibility index (Phi) is 4.20. The number of halogens is 2. The Bertz CT molecular complexity index is 389. The Morgan fingerprint density at radius 3 is 2.38 bits per heavy atom. The van der Waals surface area contributed by atoms with Crippen LogP contribution < -0.4 is 10.6 Å². The van der Waals surface area contributed by atoms with Gasteiger partial charge in [-0.15, -0.1) is 0 Å². The SMILES string of the molecule is CN(CCCN)c1c(F)cc(C#N)cc1F. The molecule has 0 unspecified atom stereocenters. The summed E-state index contributed by atoms with van der Waals surface area (Å²) in [5, 5.41) is 8.54. The average molecular weight is 225 g/mol. The normalized spacial score (nSPS) is 9.94. The standard InChI is InChI=1S/C11H13F2N3/c1-16(4-2-3-14)11-9(12)5-8(7-15)6-10(11)13/h5-6H,2-4,14H2,1H3. The molecule has 0 spiro atoms. The van der Waals surface area contributed by atoms with Crippen LogP contribution in [0.4, 0.5) is 14.5 Å². The van der Waals surface area contributed by atoms with Crippen LogP contribution in [0.1, 0.15) is 12.0 Å². The minimum absolute atomic E-state index is 0.0222. The Morgan fingerprint density at radius 1 is 1.38 bits per heavy atom. The summed E-state index contributed by atoms with van der Waals surface area (Å²) in [6.07, 6.45) is 0.648. The summed E-state index contributed by atoms with van der Waals surface area (Å²) in [5.74, 6) is -1.45. The maximum atomic E-state index is 13.5. The molecule has 16 heavy (non-hydrogen) atoms. The molecule has 1 aromatic rings. The van der Waals surface area contributed by atoms with Gasteiger partial charge in [-0.05, 0) is 25.1 Å². The molecule has 0 heterocycles. The Morgan fingerprint density at radius 2 is 1.94 bits per heavy atom. The molecule has 0 aromatic heterocycles. The van der Waals surface area contributed by atoms with E-state index in [1.807, 2.05) is 0 Å². The van der Waals surface area contributed by atoms with Gasteiger partial charge in [0.1, 0.15) is 5.69 Å². The van der Waals surface area contributed by atoms with Crippen LogP contribution in [0.2, 0.25) is 0 Å². The minimum atomic E-state index is -0.726. The van der Waals surface area contributed by atoms with E-state index >= 15 is 0 Å². The topological polar surface area (TPSA) is 53.0 Å². The number of benzene rings is 1. The van der Waals surface area contributed by atoms with Crippen LogP contribution in [0.5, 0.6) is 0 Å². The van der Waals surface area contributed by atoms with Gasteiger partial charge in [-0.3, -0.25) is 0 Å². The Labute approximate surface area is 93.1 Å². The number of nitrogens with two attached hydrogens (primary N) is 1. The lowest BCUT2D eigenvalue weighted by Crippen LogP contribution is -2.23. The monoisotopic (exact) mass is 225 g/mol. The number of nitriles is 1. The van der Waals surface area contributed by atoms with Crippen LogP contribution in [0.3, 0.4) is 0 Å². The van der Waals surface area contributed by atoms with Crippen LogP contribution in [0, 0.1) is 23.0 Å². The molecule has 0 aliphatic heterocycles. The maximum absolute atomic E-state index is 13.5. The summed E-state index contributed by atoms with van der Waals surface area (Å²) in [6.45, 7) is 0.931. The number of anilines is 1. The second-order valence-electron chi connectivity index (χ2n) is 3.46. The van der Waals surface area contributed by atoms with E-state index < -0.39 is 11.6 Å².